The minimum Gasteiger partial charge on any atom is -0.361 e. The molecule has 0 radical (unpaired) electrons. The van der Waals surface area contributed by atoms with Crippen LogP contribution in [0.2, 0.25) is 0 Å². The van der Waals surface area contributed by atoms with E-state index in [0.29, 0.717) is 13.1 Å². The molecule has 0 atom stereocenters. The number of H-pyrrole nitrogens is 1. The summed E-state index contributed by atoms with van der Waals surface area (Å²) in [4.78, 5) is 27.0. The van der Waals surface area contributed by atoms with E-state index in [2.05, 4.69) is 21.7 Å². The highest BCUT2D eigenvalue weighted by molar-refractivity contribution is 5.96. The Balaban J connectivity index is 1.39. The van der Waals surface area contributed by atoms with Crippen molar-refractivity contribution in [1.82, 2.24) is 15.6 Å². The fraction of sp³-hybridized carbons (Fsp3) is 0.238. The molecule has 3 rings (SSSR count). The lowest BCUT2D eigenvalue weighted by Gasteiger charge is -2.07. The second-order valence-electron chi connectivity index (χ2n) is 6.40. The summed E-state index contributed by atoms with van der Waals surface area (Å²) in [6.45, 7) is 2.95. The summed E-state index contributed by atoms with van der Waals surface area (Å²) in [5.41, 5.74) is 4.44. The quantitative estimate of drug-likeness (QED) is 0.574. The molecule has 0 unspecified atom stereocenters. The van der Waals surface area contributed by atoms with E-state index in [1.54, 1.807) is 0 Å². The van der Waals surface area contributed by atoms with Crippen LogP contribution in [-0.4, -0.2) is 23.3 Å². The van der Waals surface area contributed by atoms with Gasteiger partial charge in [0.15, 0.2) is 0 Å². The first-order valence-electron chi connectivity index (χ1n) is 8.76. The van der Waals surface area contributed by atoms with E-state index < -0.39 is 0 Å². The zero-order valence-corrected chi connectivity index (χ0v) is 14.8. The number of rotatable bonds is 7. The van der Waals surface area contributed by atoms with Crippen molar-refractivity contribution in [2.24, 2.45) is 0 Å². The summed E-state index contributed by atoms with van der Waals surface area (Å²) in [5.74, 6) is -0.526. The molecule has 134 valence electrons. The van der Waals surface area contributed by atoms with Crippen molar-refractivity contribution >= 4 is 22.7 Å². The van der Waals surface area contributed by atoms with E-state index in [9.17, 15) is 9.59 Å². The fourth-order valence-corrected chi connectivity index (χ4v) is 2.85. The topological polar surface area (TPSA) is 74.0 Å². The Labute approximate surface area is 152 Å². The Kier molecular flexibility index (Phi) is 5.69. The minimum atomic E-state index is -0.268. The number of para-hydroxylation sites is 1. The average molecular weight is 349 g/mol. The molecule has 3 aromatic rings. The summed E-state index contributed by atoms with van der Waals surface area (Å²) in [6.07, 6.45) is 2.53. The molecule has 2 aromatic carbocycles. The molecule has 3 N–H and O–H groups in total. The first kappa shape index (κ1) is 17.7. The predicted molar refractivity (Wildman–Crippen MR) is 103 cm³/mol. The smallest absolute Gasteiger partial charge is 0.229 e. The molecule has 0 aliphatic rings. The molecule has 0 aliphatic carbocycles. The van der Waals surface area contributed by atoms with Crippen molar-refractivity contribution < 1.29 is 9.59 Å². The Morgan fingerprint density at radius 2 is 1.69 bits per heavy atom. The van der Waals surface area contributed by atoms with Crippen LogP contribution in [0.15, 0.2) is 54.7 Å². The third-order valence-corrected chi connectivity index (χ3v) is 4.32. The van der Waals surface area contributed by atoms with Crippen LogP contribution in [0.5, 0.6) is 0 Å². The molecule has 0 saturated heterocycles. The number of amides is 2. The maximum absolute atomic E-state index is 11.9. The van der Waals surface area contributed by atoms with Crippen LogP contribution in [-0.2, 0) is 22.6 Å². The van der Waals surface area contributed by atoms with E-state index >= 15 is 0 Å². The Morgan fingerprint density at radius 3 is 2.50 bits per heavy atom. The summed E-state index contributed by atoms with van der Waals surface area (Å²) < 4.78 is 0. The van der Waals surface area contributed by atoms with Crippen molar-refractivity contribution in [3.05, 3.63) is 71.4 Å². The first-order valence-corrected chi connectivity index (χ1v) is 8.76. The first-order chi connectivity index (χ1) is 12.6. The van der Waals surface area contributed by atoms with Crippen molar-refractivity contribution in [1.29, 1.82) is 0 Å². The number of aromatic amines is 1. The molecule has 0 fully saturated rings. The van der Waals surface area contributed by atoms with Crippen molar-refractivity contribution in [2.45, 2.75) is 26.3 Å². The Morgan fingerprint density at radius 1 is 0.962 bits per heavy atom. The standard InChI is InChI=1S/C21H23N3O2/c1-15-6-8-16(9-7-15)13-24-21(26)12-20(25)22-11-10-17-14-23-19-5-3-2-4-18(17)19/h2-9,14,23H,10-13H2,1H3,(H,22,25)(H,24,26). The highest BCUT2D eigenvalue weighted by Gasteiger charge is 2.09. The molecule has 1 heterocycles. The van der Waals surface area contributed by atoms with Crippen LogP contribution in [0.3, 0.4) is 0 Å². The zero-order valence-electron chi connectivity index (χ0n) is 14.8. The van der Waals surface area contributed by atoms with Gasteiger partial charge in [0.2, 0.25) is 11.8 Å². The zero-order chi connectivity index (χ0) is 18.4. The SMILES string of the molecule is Cc1ccc(CNC(=O)CC(=O)NCCc2c[nH]c3ccccc23)cc1. The van der Waals surface area contributed by atoms with Crippen LogP contribution < -0.4 is 10.6 Å². The number of carbonyl (C=O) groups is 2. The van der Waals surface area contributed by atoms with E-state index in [0.717, 1.165) is 28.5 Å². The third-order valence-electron chi connectivity index (χ3n) is 4.32. The Bertz CT molecular complexity index is 897. The number of aromatic nitrogens is 1. The molecule has 1 aromatic heterocycles. The van der Waals surface area contributed by atoms with Crippen LogP contribution in [0.4, 0.5) is 0 Å². The number of fused-ring (bicyclic) bond motifs is 1. The van der Waals surface area contributed by atoms with Gasteiger partial charge in [0.25, 0.3) is 0 Å². The molecular formula is C21H23N3O2. The maximum Gasteiger partial charge on any atom is 0.229 e. The van der Waals surface area contributed by atoms with Gasteiger partial charge in [-0.1, -0.05) is 48.0 Å². The van der Waals surface area contributed by atoms with Gasteiger partial charge in [-0.15, -0.1) is 0 Å². The second kappa shape index (κ2) is 8.34. The number of benzene rings is 2. The maximum atomic E-state index is 11.9. The molecule has 2 amide bonds. The van der Waals surface area contributed by atoms with Gasteiger partial charge in [0, 0.05) is 30.2 Å². The fourth-order valence-electron chi connectivity index (χ4n) is 2.85. The van der Waals surface area contributed by atoms with E-state index in [4.69, 9.17) is 0 Å². The number of nitrogens with one attached hydrogen (secondary N) is 3. The monoisotopic (exact) mass is 349 g/mol. The average Bonchev–Trinajstić information content (AvgIpc) is 3.04. The highest BCUT2D eigenvalue weighted by Crippen LogP contribution is 2.17. The third kappa shape index (κ3) is 4.72. The normalized spacial score (nSPS) is 10.7. The summed E-state index contributed by atoms with van der Waals surface area (Å²) in [7, 11) is 0. The van der Waals surface area contributed by atoms with Gasteiger partial charge in [-0.3, -0.25) is 9.59 Å². The summed E-state index contributed by atoms with van der Waals surface area (Å²) in [6, 6.07) is 16.0. The molecule has 0 aliphatic heterocycles. The number of hydrogen-bond donors (Lipinski definition) is 3. The molecule has 5 heteroatoms. The highest BCUT2D eigenvalue weighted by atomic mass is 16.2. The van der Waals surface area contributed by atoms with Crippen molar-refractivity contribution in [2.75, 3.05) is 6.54 Å². The summed E-state index contributed by atoms with van der Waals surface area (Å²) >= 11 is 0. The van der Waals surface area contributed by atoms with Gasteiger partial charge in [-0.05, 0) is 30.5 Å². The largest absolute Gasteiger partial charge is 0.361 e. The van der Waals surface area contributed by atoms with Gasteiger partial charge in [-0.25, -0.2) is 0 Å². The van der Waals surface area contributed by atoms with Crippen LogP contribution >= 0.6 is 0 Å². The van der Waals surface area contributed by atoms with E-state index in [1.165, 1.54) is 5.56 Å². The molecule has 26 heavy (non-hydrogen) atoms. The van der Waals surface area contributed by atoms with Gasteiger partial charge in [-0.2, -0.15) is 0 Å². The lowest BCUT2D eigenvalue weighted by molar-refractivity contribution is -0.129. The van der Waals surface area contributed by atoms with Gasteiger partial charge < -0.3 is 15.6 Å². The Hall–Kier alpha value is -3.08. The van der Waals surface area contributed by atoms with E-state index in [-0.39, 0.29) is 18.2 Å². The van der Waals surface area contributed by atoms with Crippen LogP contribution in [0.25, 0.3) is 10.9 Å². The molecule has 0 saturated carbocycles. The van der Waals surface area contributed by atoms with Gasteiger partial charge in [0.1, 0.15) is 6.42 Å². The lowest BCUT2D eigenvalue weighted by Crippen LogP contribution is -2.32. The van der Waals surface area contributed by atoms with Crippen molar-refractivity contribution in [3.63, 3.8) is 0 Å². The van der Waals surface area contributed by atoms with Gasteiger partial charge in [0.05, 0.1) is 0 Å². The van der Waals surface area contributed by atoms with Crippen LogP contribution in [0, 0.1) is 6.92 Å². The van der Waals surface area contributed by atoms with Gasteiger partial charge >= 0.3 is 0 Å². The summed E-state index contributed by atoms with van der Waals surface area (Å²) in [5, 5.41) is 6.75. The van der Waals surface area contributed by atoms with Crippen LogP contribution in [0.1, 0.15) is 23.1 Å². The number of carbonyl (C=O) groups excluding carboxylic acids is 2. The molecule has 0 bridgehead atoms. The number of aryl methyl sites for hydroxylation is 1. The minimum absolute atomic E-state index is 0.153. The predicted octanol–water partition coefficient (Wildman–Crippen LogP) is 2.84. The lowest BCUT2D eigenvalue weighted by atomic mass is 10.1. The molecular weight excluding hydrogens is 326 g/mol. The molecule has 5 nitrogen and oxygen atoms in total. The second-order valence-corrected chi connectivity index (χ2v) is 6.40. The van der Waals surface area contributed by atoms with E-state index in [1.807, 2.05) is 55.6 Å². The molecule has 0 spiro atoms. The number of hydrogen-bond acceptors (Lipinski definition) is 2. The van der Waals surface area contributed by atoms with Crippen molar-refractivity contribution in [3.8, 4) is 0 Å².